The van der Waals surface area contributed by atoms with Crippen molar-refractivity contribution in [3.63, 3.8) is 0 Å². The van der Waals surface area contributed by atoms with Crippen LogP contribution in [0, 0.1) is 17.8 Å². The summed E-state index contributed by atoms with van der Waals surface area (Å²) in [5.74, 6) is 2.25. The zero-order chi connectivity index (χ0) is 21.8. The summed E-state index contributed by atoms with van der Waals surface area (Å²) in [5, 5.41) is 10.7. The van der Waals surface area contributed by atoms with Crippen LogP contribution in [0.3, 0.4) is 0 Å². The molecule has 3 heterocycles. The van der Waals surface area contributed by atoms with E-state index in [9.17, 15) is 0 Å². The summed E-state index contributed by atoms with van der Waals surface area (Å²) in [6.45, 7) is 10.5. The van der Waals surface area contributed by atoms with Gasteiger partial charge in [0.2, 0.25) is 0 Å². The number of hydrogen-bond donors (Lipinski definition) is 4. The first-order valence-corrected chi connectivity index (χ1v) is 13.1. The summed E-state index contributed by atoms with van der Waals surface area (Å²) in [6, 6.07) is 2.34. The Labute approximate surface area is 190 Å². The summed E-state index contributed by atoms with van der Waals surface area (Å²) >= 11 is 0. The lowest BCUT2D eigenvalue weighted by atomic mass is 9.73. The fraction of sp³-hybridized carbons (Fsp3) is 1.00. The number of fused-ring (bicyclic) bond motifs is 1. The van der Waals surface area contributed by atoms with Crippen molar-refractivity contribution in [2.24, 2.45) is 23.5 Å². The second-order valence-electron chi connectivity index (χ2n) is 11.0. The van der Waals surface area contributed by atoms with E-state index < -0.39 is 0 Å². The van der Waals surface area contributed by atoms with Crippen molar-refractivity contribution in [2.75, 3.05) is 46.4 Å². The molecule has 3 saturated heterocycles. The predicted octanol–water partition coefficient (Wildman–Crippen LogP) is 1.35. The van der Waals surface area contributed by atoms with E-state index in [-0.39, 0.29) is 0 Å². The zero-order valence-corrected chi connectivity index (χ0v) is 20.2. The molecule has 5 N–H and O–H groups in total. The Morgan fingerprint density at radius 1 is 1.16 bits per heavy atom. The molecule has 0 amide bonds. The van der Waals surface area contributed by atoms with Crippen molar-refractivity contribution >= 4 is 0 Å². The lowest BCUT2D eigenvalue weighted by molar-refractivity contribution is 0.0277. The van der Waals surface area contributed by atoms with Crippen LogP contribution in [0.15, 0.2) is 0 Å². The van der Waals surface area contributed by atoms with Gasteiger partial charge in [-0.3, -0.25) is 10.7 Å². The summed E-state index contributed by atoms with van der Waals surface area (Å²) in [5.41, 5.74) is 9.51. The van der Waals surface area contributed by atoms with Crippen LogP contribution in [0.4, 0.5) is 0 Å². The van der Waals surface area contributed by atoms with Crippen LogP contribution in [-0.4, -0.2) is 86.7 Å². The highest BCUT2D eigenvalue weighted by Crippen LogP contribution is 2.37. The Kier molecular flexibility index (Phi) is 8.65. The van der Waals surface area contributed by atoms with Crippen molar-refractivity contribution < 1.29 is 4.74 Å². The maximum absolute atomic E-state index is 5.78. The topological polar surface area (TPSA) is 77.8 Å². The Morgan fingerprint density at radius 2 is 1.97 bits per heavy atom. The van der Waals surface area contributed by atoms with Crippen molar-refractivity contribution in [1.82, 2.24) is 26.0 Å². The van der Waals surface area contributed by atoms with E-state index in [2.05, 4.69) is 46.9 Å². The molecule has 7 heteroatoms. The van der Waals surface area contributed by atoms with Crippen LogP contribution >= 0.6 is 0 Å². The molecule has 0 spiro atoms. The molecule has 7 nitrogen and oxygen atoms in total. The van der Waals surface area contributed by atoms with Gasteiger partial charge in [-0.1, -0.05) is 6.42 Å². The fourth-order valence-electron chi connectivity index (χ4n) is 6.74. The molecule has 1 saturated carbocycles. The molecule has 3 aliphatic heterocycles. The average molecular weight is 437 g/mol. The first-order chi connectivity index (χ1) is 15.0. The van der Waals surface area contributed by atoms with Gasteiger partial charge in [-0.05, 0) is 71.3 Å². The summed E-state index contributed by atoms with van der Waals surface area (Å²) < 4.78 is 5.62. The lowest BCUT2D eigenvalue weighted by Crippen LogP contribution is -2.64. The number of piperidine rings is 1. The maximum Gasteiger partial charge on any atom is 0.0794 e. The van der Waals surface area contributed by atoms with Crippen molar-refractivity contribution in [2.45, 2.75) is 89.1 Å². The number of hydrazine groups is 1. The largest absolute Gasteiger partial charge is 0.381 e. The Hall–Kier alpha value is -0.280. The lowest BCUT2D eigenvalue weighted by Gasteiger charge is -2.47. The molecule has 0 aromatic carbocycles. The maximum atomic E-state index is 5.78. The fourth-order valence-corrected chi connectivity index (χ4v) is 6.74. The zero-order valence-electron chi connectivity index (χ0n) is 20.2. The van der Waals surface area contributed by atoms with Gasteiger partial charge in [0.25, 0.3) is 0 Å². The van der Waals surface area contributed by atoms with Gasteiger partial charge in [-0.15, -0.1) is 0 Å². The minimum atomic E-state index is 0.441. The molecule has 4 rings (SSSR count). The number of nitrogens with two attached hydrogens (primary N) is 1. The van der Waals surface area contributed by atoms with Crippen LogP contribution in [0.5, 0.6) is 0 Å². The molecule has 4 aliphatic rings. The van der Waals surface area contributed by atoms with E-state index in [4.69, 9.17) is 10.5 Å². The van der Waals surface area contributed by atoms with Crippen LogP contribution in [0.25, 0.3) is 0 Å². The van der Waals surface area contributed by atoms with Gasteiger partial charge in [0.05, 0.1) is 6.17 Å². The van der Waals surface area contributed by atoms with E-state index in [0.717, 1.165) is 57.5 Å². The Morgan fingerprint density at radius 3 is 2.71 bits per heavy atom. The van der Waals surface area contributed by atoms with E-state index in [1.807, 2.05) is 0 Å². The highest BCUT2D eigenvalue weighted by Gasteiger charge is 2.47. The number of nitrogens with zero attached hydrogens (tertiary/aromatic N) is 2. The molecule has 6 unspecified atom stereocenters. The standard InChI is InChI=1S/C24H48N6O/c1-17(2)30-24-21(15-26-30)23(27-20-7-11-31-12-8-20)14-22(28-24)19-6-4-5-18(13-19)16-29(3)10-9-25/h17-24,26-28H,4-16,25H2,1-3H3. The van der Waals surface area contributed by atoms with Gasteiger partial charge in [-0.25, -0.2) is 5.01 Å². The molecule has 6 atom stereocenters. The van der Waals surface area contributed by atoms with E-state index in [0.29, 0.717) is 36.3 Å². The molecule has 4 fully saturated rings. The second-order valence-corrected chi connectivity index (χ2v) is 11.0. The number of rotatable bonds is 8. The highest BCUT2D eigenvalue weighted by atomic mass is 16.5. The third-order valence-electron chi connectivity index (χ3n) is 8.32. The number of ether oxygens (including phenoxy) is 1. The molecule has 0 radical (unpaired) electrons. The molecule has 0 aromatic heterocycles. The average Bonchev–Trinajstić information content (AvgIpc) is 3.19. The predicted molar refractivity (Wildman–Crippen MR) is 127 cm³/mol. The van der Waals surface area contributed by atoms with E-state index in [1.54, 1.807) is 0 Å². The van der Waals surface area contributed by atoms with Gasteiger partial charge in [0.1, 0.15) is 0 Å². The van der Waals surface area contributed by atoms with Crippen LogP contribution in [0.2, 0.25) is 0 Å². The molecule has 0 bridgehead atoms. The smallest absolute Gasteiger partial charge is 0.0794 e. The molecular formula is C24H48N6O. The minimum Gasteiger partial charge on any atom is -0.381 e. The van der Waals surface area contributed by atoms with Crippen molar-refractivity contribution in [3.05, 3.63) is 0 Å². The monoisotopic (exact) mass is 436 g/mol. The third kappa shape index (κ3) is 5.99. The third-order valence-corrected chi connectivity index (χ3v) is 8.32. The van der Waals surface area contributed by atoms with Gasteiger partial charge >= 0.3 is 0 Å². The van der Waals surface area contributed by atoms with Gasteiger partial charge in [-0.2, -0.15) is 0 Å². The van der Waals surface area contributed by atoms with Crippen LogP contribution in [-0.2, 0) is 4.74 Å². The normalized spacial score (nSPS) is 38.1. The van der Waals surface area contributed by atoms with Gasteiger partial charge in [0, 0.05) is 69.5 Å². The van der Waals surface area contributed by atoms with Crippen LogP contribution < -0.4 is 21.8 Å². The van der Waals surface area contributed by atoms with Crippen molar-refractivity contribution in [3.8, 4) is 0 Å². The van der Waals surface area contributed by atoms with Crippen LogP contribution in [0.1, 0.15) is 58.8 Å². The molecule has 31 heavy (non-hydrogen) atoms. The molecular weight excluding hydrogens is 388 g/mol. The Balaban J connectivity index is 1.42. The number of likely N-dealkylation sites (N-methyl/N-ethyl adjacent to an activating group) is 1. The highest BCUT2D eigenvalue weighted by molar-refractivity contribution is 5.02. The summed E-state index contributed by atoms with van der Waals surface area (Å²) in [6.07, 6.45) is 9.53. The molecule has 180 valence electrons. The van der Waals surface area contributed by atoms with Gasteiger partial charge < -0.3 is 20.7 Å². The first kappa shape index (κ1) is 23.9. The van der Waals surface area contributed by atoms with E-state index in [1.165, 1.54) is 38.6 Å². The van der Waals surface area contributed by atoms with Crippen molar-refractivity contribution in [1.29, 1.82) is 0 Å². The number of nitrogens with one attached hydrogen (secondary N) is 3. The second kappa shape index (κ2) is 11.2. The van der Waals surface area contributed by atoms with E-state index >= 15 is 0 Å². The molecule has 0 aromatic rings. The first-order valence-electron chi connectivity index (χ1n) is 13.1. The molecule has 1 aliphatic carbocycles. The quantitative estimate of drug-likeness (QED) is 0.458. The minimum absolute atomic E-state index is 0.441. The summed E-state index contributed by atoms with van der Waals surface area (Å²) in [4.78, 5) is 2.44. The number of hydrogen-bond acceptors (Lipinski definition) is 7. The Bertz CT molecular complexity index is 542. The SMILES string of the molecule is CC(C)N1NCC2C(NC3CCOCC3)CC(C3CCCC(CN(C)CCN)C3)NC21. The van der Waals surface area contributed by atoms with Gasteiger partial charge in [0.15, 0.2) is 0 Å². The summed E-state index contributed by atoms with van der Waals surface area (Å²) in [7, 11) is 2.23.